The highest BCUT2D eigenvalue weighted by Crippen LogP contribution is 2.26. The van der Waals surface area contributed by atoms with Crippen molar-refractivity contribution in [3.05, 3.63) is 18.5 Å². The van der Waals surface area contributed by atoms with Gasteiger partial charge < -0.3 is 9.88 Å². The van der Waals surface area contributed by atoms with Gasteiger partial charge in [0, 0.05) is 19.3 Å². The van der Waals surface area contributed by atoms with Crippen molar-refractivity contribution in [3.63, 3.8) is 0 Å². The molecule has 0 unspecified atom stereocenters. The molecule has 2 aromatic rings. The second-order valence-electron chi connectivity index (χ2n) is 4.46. The summed E-state index contributed by atoms with van der Waals surface area (Å²) in [5, 5.41) is 0.684. The first-order valence-electron chi connectivity index (χ1n) is 6.94. The number of aromatic amines is 1. The number of hydrogen-bond donors (Lipinski definition) is 1. The first-order valence-corrected chi connectivity index (χ1v) is 7.82. The van der Waals surface area contributed by atoms with E-state index >= 15 is 0 Å². The van der Waals surface area contributed by atoms with Gasteiger partial charge in [0.2, 0.25) is 5.91 Å². The molecule has 1 amide bonds. The predicted octanol–water partition coefficient (Wildman–Crippen LogP) is 2.70. The van der Waals surface area contributed by atoms with Gasteiger partial charge >= 0.3 is 0 Å². The van der Waals surface area contributed by atoms with Crippen LogP contribution in [0.15, 0.2) is 23.6 Å². The van der Waals surface area contributed by atoms with Crippen LogP contribution in [0.1, 0.15) is 27.2 Å². The number of carbonyl (C=O) groups is 1. The van der Waals surface area contributed by atoms with E-state index in [0.717, 1.165) is 35.7 Å². The lowest BCUT2D eigenvalue weighted by molar-refractivity contribution is -0.130. The van der Waals surface area contributed by atoms with Crippen LogP contribution in [-0.2, 0) is 4.79 Å². The summed E-state index contributed by atoms with van der Waals surface area (Å²) in [7, 11) is 0. The van der Waals surface area contributed by atoms with Crippen molar-refractivity contribution in [1.29, 1.82) is 0 Å². The molecule has 0 saturated carbocycles. The molecule has 1 N–H and O–H groups in total. The molecule has 108 valence electrons. The third-order valence-electron chi connectivity index (χ3n) is 3.24. The maximum absolute atomic E-state index is 12.4. The van der Waals surface area contributed by atoms with E-state index in [1.807, 2.05) is 31.7 Å². The normalized spacial score (nSPS) is 12.6. The first-order chi connectivity index (χ1) is 9.69. The maximum Gasteiger partial charge on any atom is 0.236 e. The summed E-state index contributed by atoms with van der Waals surface area (Å²) < 4.78 is 0. The molecule has 5 nitrogen and oxygen atoms in total. The Hall–Kier alpha value is -1.56. The average molecular weight is 292 g/mol. The van der Waals surface area contributed by atoms with Gasteiger partial charge in [0.05, 0.1) is 22.5 Å². The minimum Gasteiger partial charge on any atom is -0.342 e. The zero-order chi connectivity index (χ0) is 14.5. The van der Waals surface area contributed by atoms with E-state index in [-0.39, 0.29) is 11.2 Å². The predicted molar refractivity (Wildman–Crippen MR) is 81.8 cm³/mol. The number of rotatable bonds is 6. The van der Waals surface area contributed by atoms with E-state index in [2.05, 4.69) is 15.0 Å². The second-order valence-corrected chi connectivity index (χ2v) is 5.65. The standard InChI is InChI=1S/C14H20N4OS/c1-4-12(13(19)18(5-2)6-3)20-14-16-10-7-8-15-9-11(10)17-14/h7-9,12H,4-6H2,1-3H3,(H,16,17)/t12-/m1/s1. The number of amides is 1. The van der Waals surface area contributed by atoms with E-state index in [1.54, 1.807) is 12.4 Å². The smallest absolute Gasteiger partial charge is 0.236 e. The Bertz CT molecular complexity index is 546. The largest absolute Gasteiger partial charge is 0.342 e. The summed E-state index contributed by atoms with van der Waals surface area (Å²) in [6.07, 6.45) is 4.25. The Morgan fingerprint density at radius 2 is 2.15 bits per heavy atom. The van der Waals surface area contributed by atoms with Crippen molar-refractivity contribution >= 4 is 28.7 Å². The van der Waals surface area contributed by atoms with Crippen LogP contribution in [0.2, 0.25) is 0 Å². The zero-order valence-corrected chi connectivity index (χ0v) is 12.9. The number of imidazole rings is 1. The molecule has 20 heavy (non-hydrogen) atoms. The lowest BCUT2D eigenvalue weighted by Gasteiger charge is -2.23. The van der Waals surface area contributed by atoms with Crippen LogP contribution in [0.3, 0.4) is 0 Å². The van der Waals surface area contributed by atoms with Gasteiger partial charge in [-0.25, -0.2) is 4.98 Å². The Labute approximate surface area is 123 Å². The number of carbonyl (C=O) groups excluding carboxylic acids is 1. The van der Waals surface area contributed by atoms with Gasteiger partial charge in [-0.05, 0) is 26.3 Å². The summed E-state index contributed by atoms with van der Waals surface area (Å²) >= 11 is 1.50. The molecule has 2 heterocycles. The van der Waals surface area contributed by atoms with Gasteiger partial charge in [0.15, 0.2) is 5.16 Å². The van der Waals surface area contributed by atoms with Gasteiger partial charge in [-0.3, -0.25) is 9.78 Å². The van der Waals surface area contributed by atoms with Crippen LogP contribution in [0.25, 0.3) is 11.0 Å². The average Bonchev–Trinajstić information content (AvgIpc) is 2.88. The molecule has 0 bridgehead atoms. The minimum atomic E-state index is -0.0941. The van der Waals surface area contributed by atoms with E-state index in [1.165, 1.54) is 11.8 Å². The van der Waals surface area contributed by atoms with Crippen molar-refractivity contribution in [2.24, 2.45) is 0 Å². The molecule has 0 aliphatic rings. The number of H-pyrrole nitrogens is 1. The van der Waals surface area contributed by atoms with Gasteiger partial charge in [0.25, 0.3) is 0 Å². The maximum atomic E-state index is 12.4. The van der Waals surface area contributed by atoms with Crippen LogP contribution in [-0.4, -0.2) is 44.1 Å². The van der Waals surface area contributed by atoms with E-state index in [0.29, 0.717) is 0 Å². The van der Waals surface area contributed by atoms with Crippen molar-refractivity contribution in [3.8, 4) is 0 Å². The van der Waals surface area contributed by atoms with Crippen LogP contribution in [0.4, 0.5) is 0 Å². The molecule has 2 aromatic heterocycles. The SMILES string of the molecule is CC[C@@H](Sc1nc2ccncc2[nH]1)C(=O)N(CC)CC. The minimum absolute atomic E-state index is 0.0941. The lowest BCUT2D eigenvalue weighted by Crippen LogP contribution is -2.37. The fraction of sp³-hybridized carbons (Fsp3) is 0.500. The molecule has 0 aliphatic heterocycles. The first kappa shape index (κ1) is 14.8. The second kappa shape index (κ2) is 6.74. The van der Waals surface area contributed by atoms with Crippen LogP contribution >= 0.6 is 11.8 Å². The Morgan fingerprint density at radius 3 is 2.75 bits per heavy atom. The topological polar surface area (TPSA) is 61.9 Å². The molecule has 1 atom stereocenters. The number of hydrogen-bond acceptors (Lipinski definition) is 4. The fourth-order valence-electron chi connectivity index (χ4n) is 2.07. The fourth-order valence-corrected chi connectivity index (χ4v) is 3.08. The van der Waals surface area contributed by atoms with Crippen LogP contribution in [0.5, 0.6) is 0 Å². The van der Waals surface area contributed by atoms with Gasteiger partial charge in [-0.1, -0.05) is 18.7 Å². The summed E-state index contributed by atoms with van der Waals surface area (Å²) in [4.78, 5) is 26.0. The molecular formula is C14H20N4OS. The highest BCUT2D eigenvalue weighted by Gasteiger charge is 2.23. The molecule has 0 fully saturated rings. The third-order valence-corrected chi connectivity index (χ3v) is 4.47. The molecule has 0 saturated heterocycles. The summed E-state index contributed by atoms with van der Waals surface area (Å²) in [6, 6.07) is 1.86. The molecule has 0 radical (unpaired) electrons. The van der Waals surface area contributed by atoms with E-state index in [9.17, 15) is 4.79 Å². The Morgan fingerprint density at radius 1 is 1.40 bits per heavy atom. The number of nitrogens with one attached hydrogen (secondary N) is 1. The monoisotopic (exact) mass is 292 g/mol. The quantitative estimate of drug-likeness (QED) is 0.832. The Balaban J connectivity index is 2.15. The molecule has 0 aromatic carbocycles. The highest BCUT2D eigenvalue weighted by atomic mass is 32.2. The van der Waals surface area contributed by atoms with Crippen LogP contribution in [0, 0.1) is 0 Å². The van der Waals surface area contributed by atoms with Crippen LogP contribution < -0.4 is 0 Å². The lowest BCUT2D eigenvalue weighted by atomic mass is 10.3. The van der Waals surface area contributed by atoms with Crippen molar-refractivity contribution < 1.29 is 4.79 Å². The van der Waals surface area contributed by atoms with Crippen molar-refractivity contribution in [1.82, 2.24) is 19.9 Å². The number of thioether (sulfide) groups is 1. The van der Waals surface area contributed by atoms with Gasteiger partial charge in [-0.15, -0.1) is 0 Å². The van der Waals surface area contributed by atoms with Crippen molar-refractivity contribution in [2.45, 2.75) is 37.6 Å². The van der Waals surface area contributed by atoms with Crippen molar-refractivity contribution in [2.75, 3.05) is 13.1 Å². The summed E-state index contributed by atoms with van der Waals surface area (Å²) in [5.74, 6) is 0.182. The third kappa shape index (κ3) is 3.12. The zero-order valence-electron chi connectivity index (χ0n) is 12.1. The number of fused-ring (bicyclic) bond motifs is 1. The molecule has 0 aliphatic carbocycles. The molecular weight excluding hydrogens is 272 g/mol. The summed E-state index contributed by atoms with van der Waals surface area (Å²) in [6.45, 7) is 7.54. The summed E-state index contributed by atoms with van der Waals surface area (Å²) in [5.41, 5.74) is 1.78. The molecule has 6 heteroatoms. The number of pyridine rings is 1. The Kier molecular flexibility index (Phi) is 5.00. The molecule has 2 rings (SSSR count). The number of nitrogens with zero attached hydrogens (tertiary/aromatic N) is 3. The highest BCUT2D eigenvalue weighted by molar-refractivity contribution is 8.00. The molecule has 0 spiro atoms. The van der Waals surface area contributed by atoms with E-state index in [4.69, 9.17) is 0 Å². The van der Waals surface area contributed by atoms with Gasteiger partial charge in [0.1, 0.15) is 0 Å². The van der Waals surface area contributed by atoms with E-state index < -0.39 is 0 Å². The number of aromatic nitrogens is 3. The van der Waals surface area contributed by atoms with Gasteiger partial charge in [-0.2, -0.15) is 0 Å².